The fourth-order valence-corrected chi connectivity index (χ4v) is 2.90. The number of aliphatic hydroxyl groups excluding tert-OH is 1. The molecule has 9 heteroatoms. The summed E-state index contributed by atoms with van der Waals surface area (Å²) in [5.74, 6) is -2.73. The first-order chi connectivity index (χ1) is 11.7. The molecule has 0 fully saturated rings. The van der Waals surface area contributed by atoms with E-state index in [2.05, 4.69) is 11.9 Å². The molecule has 0 saturated carbocycles. The van der Waals surface area contributed by atoms with Crippen LogP contribution in [0.5, 0.6) is 0 Å². The molecular formula is C17H30KN2O6+. The van der Waals surface area contributed by atoms with E-state index < -0.39 is 28.5 Å². The second kappa shape index (κ2) is 14.7. The van der Waals surface area contributed by atoms with Crippen LogP contribution in [-0.4, -0.2) is 70.9 Å². The van der Waals surface area contributed by atoms with E-state index in [4.69, 9.17) is 0 Å². The number of quaternary nitrogens is 1. The quantitative estimate of drug-likeness (QED) is 0.120. The summed E-state index contributed by atoms with van der Waals surface area (Å²) < 4.78 is -0.398. The molecule has 0 aromatic rings. The van der Waals surface area contributed by atoms with E-state index in [9.17, 15) is 29.7 Å². The Hall–Kier alpha value is -0.294. The molecule has 8 nitrogen and oxygen atoms in total. The zero-order valence-electron chi connectivity index (χ0n) is 16.1. The topological polar surface area (TPSA) is 127 Å². The molecule has 0 spiro atoms. The molecule has 1 amide bonds. The van der Waals surface area contributed by atoms with E-state index in [1.54, 1.807) is 6.08 Å². The van der Waals surface area contributed by atoms with Crippen molar-refractivity contribution in [3.63, 3.8) is 0 Å². The molecular weight excluding hydrogens is 367 g/mol. The van der Waals surface area contributed by atoms with Crippen molar-refractivity contribution in [1.29, 1.82) is 0 Å². The van der Waals surface area contributed by atoms with Crippen LogP contribution in [0.15, 0.2) is 12.7 Å². The molecule has 0 rings (SSSR count). The minimum atomic E-state index is -1.39. The first kappa shape index (κ1) is 27.9. The van der Waals surface area contributed by atoms with Gasteiger partial charge in [-0.15, -0.1) is 6.58 Å². The number of carboxylic acid groups (broad SMARTS) is 2. The Morgan fingerprint density at radius 3 is 2.27 bits per heavy atom. The first-order valence-corrected chi connectivity index (χ1v) is 8.51. The van der Waals surface area contributed by atoms with Gasteiger partial charge in [0, 0.05) is 6.42 Å². The number of rotatable bonds is 14. The van der Waals surface area contributed by atoms with Crippen molar-refractivity contribution in [3.8, 4) is 0 Å². The standard InChI is InChI=1S/C17H30N2O6.K/c1-4-5-6-7-8-15(21)18-9-10-19(11-12-20,13(2)16(22)23)14(3)17(24)25;/h4,13-14,20H,1,5-12H2,2-3H3,(H2-,18,21,22,23,24,25);/q;+1. The summed E-state index contributed by atoms with van der Waals surface area (Å²) in [6.45, 7) is 6.13. The second-order valence-corrected chi connectivity index (χ2v) is 6.17. The van der Waals surface area contributed by atoms with Crippen molar-refractivity contribution in [2.45, 2.75) is 51.6 Å². The molecule has 0 radical (unpaired) electrons. The van der Waals surface area contributed by atoms with Gasteiger partial charge in [0.2, 0.25) is 5.91 Å². The summed E-state index contributed by atoms with van der Waals surface area (Å²) in [7, 11) is 0. The van der Waals surface area contributed by atoms with E-state index in [1.807, 2.05) is 0 Å². The van der Waals surface area contributed by atoms with Crippen LogP contribution in [-0.2, 0) is 14.4 Å². The van der Waals surface area contributed by atoms with Crippen molar-refractivity contribution in [2.24, 2.45) is 0 Å². The Balaban J connectivity index is 0. The first-order valence-electron chi connectivity index (χ1n) is 8.51. The van der Waals surface area contributed by atoms with E-state index in [0.29, 0.717) is 6.42 Å². The Kier molecular flexibility index (Phi) is 15.8. The Morgan fingerprint density at radius 1 is 1.19 bits per heavy atom. The molecule has 0 aromatic heterocycles. The fourth-order valence-electron chi connectivity index (χ4n) is 2.90. The van der Waals surface area contributed by atoms with Crippen molar-refractivity contribution >= 4 is 17.8 Å². The maximum Gasteiger partial charge on any atom is 1.00 e. The predicted octanol–water partition coefficient (Wildman–Crippen LogP) is -3.73. The predicted molar refractivity (Wildman–Crippen MR) is 90.3 cm³/mol. The van der Waals surface area contributed by atoms with Gasteiger partial charge in [0.25, 0.3) is 0 Å². The van der Waals surface area contributed by atoms with E-state index in [1.165, 1.54) is 13.8 Å². The zero-order chi connectivity index (χ0) is 19.5. The number of allylic oxidation sites excluding steroid dienone is 1. The van der Waals surface area contributed by atoms with Gasteiger partial charge in [-0.05, 0) is 33.1 Å². The molecule has 0 aromatic carbocycles. The smallest absolute Gasteiger partial charge is 0.544 e. The van der Waals surface area contributed by atoms with Crippen molar-refractivity contribution in [2.75, 3.05) is 26.2 Å². The van der Waals surface area contributed by atoms with Crippen LogP contribution in [0.3, 0.4) is 0 Å². The average molecular weight is 398 g/mol. The van der Waals surface area contributed by atoms with Crippen LogP contribution >= 0.6 is 0 Å². The average Bonchev–Trinajstić information content (AvgIpc) is 2.56. The Bertz CT molecular complexity index is 452. The number of carbonyl (C=O) groups excluding carboxylic acids is 2. The van der Waals surface area contributed by atoms with Gasteiger partial charge in [0.15, 0.2) is 6.04 Å². The third-order valence-electron chi connectivity index (χ3n) is 4.67. The van der Waals surface area contributed by atoms with Crippen molar-refractivity contribution in [1.82, 2.24) is 5.32 Å². The zero-order valence-corrected chi connectivity index (χ0v) is 19.2. The van der Waals surface area contributed by atoms with Crippen molar-refractivity contribution < 1.29 is 85.6 Å². The molecule has 3 atom stereocenters. The Labute approximate surface area is 197 Å². The molecule has 26 heavy (non-hydrogen) atoms. The van der Waals surface area contributed by atoms with Crippen LogP contribution in [0.2, 0.25) is 0 Å². The number of aliphatic hydroxyl groups is 1. The van der Waals surface area contributed by atoms with E-state index in [-0.39, 0.29) is 83.5 Å². The molecule has 0 aliphatic heterocycles. The summed E-state index contributed by atoms with van der Waals surface area (Å²) in [4.78, 5) is 34.6. The Morgan fingerprint density at radius 2 is 1.81 bits per heavy atom. The number of aliphatic carboxylic acids is 2. The minimum absolute atomic E-state index is 0. The molecule has 3 unspecified atom stereocenters. The SMILES string of the molecule is C=CCCCCC(=O)NCC[N+](CCO)(C(C)C(=O)[O-])C(C)C(=O)O.[K+]. The monoisotopic (exact) mass is 397 g/mol. The third kappa shape index (κ3) is 9.07. The summed E-state index contributed by atoms with van der Waals surface area (Å²) in [6.07, 6.45) is 4.54. The fraction of sp³-hybridized carbons (Fsp3) is 0.706. The van der Waals surface area contributed by atoms with Crippen LogP contribution in [0.25, 0.3) is 0 Å². The van der Waals surface area contributed by atoms with E-state index in [0.717, 1.165) is 19.3 Å². The molecule has 0 saturated heterocycles. The maximum absolute atomic E-state index is 11.8. The summed E-state index contributed by atoms with van der Waals surface area (Å²) in [5, 5.41) is 32.7. The normalized spacial score (nSPS) is 15.0. The largest absolute Gasteiger partial charge is 1.00 e. The summed E-state index contributed by atoms with van der Waals surface area (Å²) >= 11 is 0. The van der Waals surface area contributed by atoms with Gasteiger partial charge in [0.1, 0.15) is 12.6 Å². The van der Waals surface area contributed by atoms with Crippen LogP contribution in [0, 0.1) is 0 Å². The second-order valence-electron chi connectivity index (χ2n) is 6.17. The number of unbranched alkanes of at least 4 members (excludes halogenated alkanes) is 2. The number of hydrogen-bond donors (Lipinski definition) is 3. The van der Waals surface area contributed by atoms with Crippen molar-refractivity contribution in [3.05, 3.63) is 12.7 Å². The molecule has 0 bridgehead atoms. The summed E-state index contributed by atoms with van der Waals surface area (Å²) in [5.41, 5.74) is 0. The summed E-state index contributed by atoms with van der Waals surface area (Å²) in [6, 6.07) is -2.20. The number of carbonyl (C=O) groups is 3. The van der Waals surface area contributed by atoms with Gasteiger partial charge in [0.05, 0.1) is 25.7 Å². The number of nitrogens with zero attached hydrogens (tertiary/aromatic N) is 1. The number of carboxylic acids is 2. The van der Waals surface area contributed by atoms with Gasteiger partial charge >= 0.3 is 57.4 Å². The van der Waals surface area contributed by atoms with Gasteiger partial charge in [-0.3, -0.25) is 4.79 Å². The van der Waals surface area contributed by atoms with Gasteiger partial charge in [-0.25, -0.2) is 4.79 Å². The third-order valence-corrected chi connectivity index (χ3v) is 4.67. The molecule has 0 heterocycles. The maximum atomic E-state index is 11.8. The number of amides is 1. The van der Waals surface area contributed by atoms with Gasteiger partial charge < -0.3 is 29.9 Å². The van der Waals surface area contributed by atoms with Gasteiger partial charge in [-0.1, -0.05) is 6.08 Å². The van der Waals surface area contributed by atoms with Crippen LogP contribution < -0.4 is 61.8 Å². The van der Waals surface area contributed by atoms with Crippen LogP contribution in [0.1, 0.15) is 39.5 Å². The molecule has 0 aliphatic rings. The molecule has 144 valence electrons. The number of hydrogen-bond acceptors (Lipinski definition) is 5. The molecule has 3 N–H and O–H groups in total. The van der Waals surface area contributed by atoms with Gasteiger partial charge in [-0.2, -0.15) is 0 Å². The van der Waals surface area contributed by atoms with E-state index >= 15 is 0 Å². The molecule has 0 aliphatic carbocycles. The number of nitrogens with one attached hydrogen (secondary N) is 1. The minimum Gasteiger partial charge on any atom is -0.544 e. The van der Waals surface area contributed by atoms with Crippen LogP contribution in [0.4, 0.5) is 0 Å².